The number of fused-ring (bicyclic) bond motifs is 1. The molecule has 1 atom stereocenters. The van der Waals surface area contributed by atoms with Crippen LogP contribution in [0.1, 0.15) is 70.6 Å². The number of nitrogens with zero attached hydrogens (tertiary/aromatic N) is 3. The molecule has 0 radical (unpaired) electrons. The zero-order chi connectivity index (χ0) is 25.2. The van der Waals surface area contributed by atoms with E-state index in [1.807, 2.05) is 32.9 Å². The van der Waals surface area contributed by atoms with E-state index in [4.69, 9.17) is 16.3 Å². The normalized spacial score (nSPS) is 19.0. The Hall–Kier alpha value is -1.86. The van der Waals surface area contributed by atoms with Gasteiger partial charge in [0.25, 0.3) is 0 Å². The van der Waals surface area contributed by atoms with Crippen LogP contribution in [-0.4, -0.2) is 34.2 Å². The van der Waals surface area contributed by atoms with Crippen LogP contribution < -0.4 is 4.90 Å². The number of carbonyl (C=O) groups is 1. The summed E-state index contributed by atoms with van der Waals surface area (Å²) in [5.74, 6) is 0.342. The number of benzene rings is 1. The van der Waals surface area contributed by atoms with E-state index >= 15 is 0 Å². The topological polar surface area (TPSA) is 45.7 Å². The van der Waals surface area contributed by atoms with Crippen molar-refractivity contribution in [2.45, 2.75) is 84.0 Å². The second kappa shape index (κ2) is 11.0. The first-order valence-electron chi connectivity index (χ1n) is 12.4. The maximum absolute atomic E-state index is 13.9. The summed E-state index contributed by atoms with van der Waals surface area (Å²) in [6, 6.07) is 7.63. The Bertz CT molecular complexity index is 1060. The summed E-state index contributed by atoms with van der Waals surface area (Å²) in [7, 11) is 0. The summed E-state index contributed by atoms with van der Waals surface area (Å²) in [4.78, 5) is 21.7. The number of pyridine rings is 1. The summed E-state index contributed by atoms with van der Waals surface area (Å²) in [5, 5.41) is 0.616. The Morgan fingerprint density at radius 2 is 2.00 bits per heavy atom. The summed E-state index contributed by atoms with van der Waals surface area (Å²) < 4.78 is 20.0. The number of rotatable bonds is 5. The van der Waals surface area contributed by atoms with Crippen LogP contribution in [0.2, 0.25) is 5.02 Å². The average molecular weight is 567 g/mol. The maximum Gasteiger partial charge on any atom is 0.410 e. The molecule has 1 saturated carbocycles. The molecule has 1 unspecified atom stereocenters. The predicted octanol–water partition coefficient (Wildman–Crippen LogP) is 7.73. The van der Waals surface area contributed by atoms with E-state index in [0.29, 0.717) is 29.1 Å². The number of ether oxygens (including phenoxy) is 1. The lowest BCUT2D eigenvalue weighted by molar-refractivity contribution is 0.0224. The molecule has 8 heteroatoms. The van der Waals surface area contributed by atoms with Gasteiger partial charge in [-0.1, -0.05) is 43.4 Å². The van der Waals surface area contributed by atoms with Crippen molar-refractivity contribution < 1.29 is 13.9 Å². The number of halogens is 3. The van der Waals surface area contributed by atoms with Gasteiger partial charge in [-0.15, -0.1) is 0 Å². The van der Waals surface area contributed by atoms with Gasteiger partial charge in [0.2, 0.25) is 0 Å². The molecule has 0 spiro atoms. The molecular weight excluding hydrogens is 533 g/mol. The van der Waals surface area contributed by atoms with Crippen LogP contribution in [-0.2, 0) is 17.8 Å². The highest BCUT2D eigenvalue weighted by atomic mass is 79.9. The third kappa shape index (κ3) is 6.67. The molecule has 1 aliphatic carbocycles. The number of hydrogen-bond donors (Lipinski definition) is 0. The SMILES string of the molecule is CC(C)(C)OC(=O)N1Cc2c(Cl)cccc2N(Cc2cc(Br)c(F)cn2)C(CCC2CCCC2)C1. The van der Waals surface area contributed by atoms with Crippen LogP contribution in [0.25, 0.3) is 0 Å². The van der Waals surface area contributed by atoms with Crippen molar-refractivity contribution in [3.8, 4) is 0 Å². The highest BCUT2D eigenvalue weighted by Gasteiger charge is 2.34. The molecule has 0 bridgehead atoms. The minimum atomic E-state index is -0.587. The van der Waals surface area contributed by atoms with Gasteiger partial charge < -0.3 is 14.5 Å². The first-order chi connectivity index (χ1) is 16.6. The molecule has 0 saturated heterocycles. The van der Waals surface area contributed by atoms with Gasteiger partial charge in [-0.05, 0) is 73.7 Å². The second-order valence-electron chi connectivity index (χ2n) is 10.7. The monoisotopic (exact) mass is 565 g/mol. The molecule has 5 nitrogen and oxygen atoms in total. The molecule has 1 amide bonds. The van der Waals surface area contributed by atoms with Crippen molar-refractivity contribution in [1.29, 1.82) is 0 Å². The highest BCUT2D eigenvalue weighted by molar-refractivity contribution is 9.10. The summed E-state index contributed by atoms with van der Waals surface area (Å²) >= 11 is 9.97. The Labute approximate surface area is 221 Å². The Balaban J connectivity index is 1.70. The first kappa shape index (κ1) is 26.2. The molecule has 1 aromatic carbocycles. The lowest BCUT2D eigenvalue weighted by Crippen LogP contribution is -2.45. The summed E-state index contributed by atoms with van der Waals surface area (Å²) in [6.07, 6.45) is 8.12. The van der Waals surface area contributed by atoms with E-state index in [2.05, 4.69) is 31.9 Å². The zero-order valence-corrected chi connectivity index (χ0v) is 23.0. The average Bonchev–Trinajstić information content (AvgIpc) is 3.25. The Morgan fingerprint density at radius 3 is 2.69 bits per heavy atom. The van der Waals surface area contributed by atoms with Crippen molar-refractivity contribution in [2.75, 3.05) is 11.4 Å². The van der Waals surface area contributed by atoms with Crippen molar-refractivity contribution in [2.24, 2.45) is 5.92 Å². The molecule has 1 fully saturated rings. The van der Waals surface area contributed by atoms with Crippen LogP contribution in [0.3, 0.4) is 0 Å². The number of hydrogen-bond acceptors (Lipinski definition) is 4. The van der Waals surface area contributed by atoms with Gasteiger partial charge in [0, 0.05) is 28.9 Å². The minimum Gasteiger partial charge on any atom is -0.444 e. The van der Waals surface area contributed by atoms with Crippen LogP contribution >= 0.6 is 27.5 Å². The van der Waals surface area contributed by atoms with E-state index < -0.39 is 5.60 Å². The van der Waals surface area contributed by atoms with Gasteiger partial charge in [0.15, 0.2) is 5.82 Å². The molecule has 2 aromatic rings. The highest BCUT2D eigenvalue weighted by Crippen LogP contribution is 2.37. The molecule has 35 heavy (non-hydrogen) atoms. The van der Waals surface area contributed by atoms with Crippen molar-refractivity contribution in [3.05, 3.63) is 57.0 Å². The third-order valence-electron chi connectivity index (χ3n) is 6.86. The van der Waals surface area contributed by atoms with Crippen molar-refractivity contribution >= 4 is 39.3 Å². The number of amides is 1. The van der Waals surface area contributed by atoms with Crippen molar-refractivity contribution in [1.82, 2.24) is 9.88 Å². The predicted molar refractivity (Wildman–Crippen MR) is 141 cm³/mol. The van der Waals surface area contributed by atoms with Gasteiger partial charge in [-0.3, -0.25) is 4.98 Å². The quantitative estimate of drug-likeness (QED) is 0.371. The smallest absolute Gasteiger partial charge is 0.410 e. The van der Waals surface area contributed by atoms with Crippen LogP contribution in [0.4, 0.5) is 14.9 Å². The zero-order valence-electron chi connectivity index (χ0n) is 20.7. The fraction of sp³-hybridized carbons (Fsp3) is 0.556. The number of aromatic nitrogens is 1. The van der Waals surface area contributed by atoms with Gasteiger partial charge in [-0.2, -0.15) is 0 Å². The number of carbonyl (C=O) groups excluding carboxylic acids is 1. The Kier molecular flexibility index (Phi) is 8.26. The van der Waals surface area contributed by atoms with E-state index in [-0.39, 0.29) is 18.0 Å². The maximum atomic E-state index is 13.9. The first-order valence-corrected chi connectivity index (χ1v) is 13.6. The summed E-state index contributed by atoms with van der Waals surface area (Å²) in [5.41, 5.74) is 2.04. The van der Waals surface area contributed by atoms with Crippen molar-refractivity contribution in [3.63, 3.8) is 0 Å². The number of anilines is 1. The lowest BCUT2D eigenvalue weighted by Gasteiger charge is -2.35. The third-order valence-corrected chi connectivity index (χ3v) is 7.82. The van der Waals surface area contributed by atoms with E-state index in [1.165, 1.54) is 31.9 Å². The van der Waals surface area contributed by atoms with Crippen LogP contribution in [0.5, 0.6) is 0 Å². The fourth-order valence-electron chi connectivity index (χ4n) is 5.15. The molecular formula is C27H34BrClFN3O2. The standard InChI is InChI=1S/C27H34BrClFN3O2/c1-27(2,3)35-26(34)32-16-20(12-11-18-7-4-5-8-18)33(15-19-13-22(28)24(30)14-31-19)25-10-6-9-23(29)21(25)17-32/h6,9-10,13-14,18,20H,4-5,7-8,11-12,15-17H2,1-3H3. The van der Waals surface area contributed by atoms with Gasteiger partial charge in [0.1, 0.15) is 5.60 Å². The van der Waals surface area contributed by atoms with Gasteiger partial charge in [-0.25, -0.2) is 9.18 Å². The molecule has 1 aromatic heterocycles. The van der Waals surface area contributed by atoms with Gasteiger partial charge in [0.05, 0.1) is 29.5 Å². The molecule has 0 N–H and O–H groups in total. The largest absolute Gasteiger partial charge is 0.444 e. The Morgan fingerprint density at radius 1 is 1.26 bits per heavy atom. The molecule has 1 aliphatic heterocycles. The molecule has 190 valence electrons. The van der Waals surface area contributed by atoms with E-state index in [1.54, 1.807) is 11.0 Å². The fourth-order valence-corrected chi connectivity index (χ4v) is 5.74. The van der Waals surface area contributed by atoms with Crippen LogP contribution in [0.15, 0.2) is 34.9 Å². The van der Waals surface area contributed by atoms with Crippen LogP contribution in [0, 0.1) is 11.7 Å². The van der Waals surface area contributed by atoms with E-state index in [0.717, 1.165) is 35.7 Å². The minimum absolute atomic E-state index is 0.0495. The summed E-state index contributed by atoms with van der Waals surface area (Å²) in [6.45, 7) is 7.03. The van der Waals surface area contributed by atoms with Gasteiger partial charge >= 0.3 is 6.09 Å². The molecule has 2 heterocycles. The second-order valence-corrected chi connectivity index (χ2v) is 12.0. The van der Waals surface area contributed by atoms with E-state index in [9.17, 15) is 9.18 Å². The lowest BCUT2D eigenvalue weighted by atomic mass is 9.97. The molecule has 2 aliphatic rings. The molecule has 4 rings (SSSR count).